The number of carbonyl (C=O) groups excluding carboxylic acids is 1. The summed E-state index contributed by atoms with van der Waals surface area (Å²) in [7, 11) is 0.419. The molecule has 0 aliphatic rings. The van der Waals surface area contributed by atoms with Gasteiger partial charge in [0.05, 0.1) is 7.11 Å². The Bertz CT molecular complexity index is 430. The second-order valence-corrected chi connectivity index (χ2v) is 5.27. The molecule has 0 aromatic heterocycles. The van der Waals surface area contributed by atoms with Crippen LogP contribution in [-0.2, 0) is 16.1 Å². The molecular formula is C12H18BBrN2O4. The lowest BCUT2D eigenvalue weighted by molar-refractivity contribution is -0.151. The van der Waals surface area contributed by atoms with Crippen LogP contribution in [0.1, 0.15) is 5.56 Å². The van der Waals surface area contributed by atoms with Gasteiger partial charge in [0, 0.05) is 17.6 Å². The highest BCUT2D eigenvalue weighted by Crippen LogP contribution is 2.12. The first kappa shape index (κ1) is 17.1. The number of hydrazine groups is 1. The summed E-state index contributed by atoms with van der Waals surface area (Å²) in [6, 6.07) is 7.61. The second kappa shape index (κ2) is 8.38. The number of aliphatic hydroxyl groups is 1. The first-order valence-corrected chi connectivity index (χ1v) is 6.91. The van der Waals surface area contributed by atoms with E-state index in [9.17, 15) is 14.9 Å². The van der Waals surface area contributed by atoms with E-state index in [2.05, 4.69) is 26.0 Å². The maximum Gasteiger partial charge on any atom is 0.388 e. The van der Waals surface area contributed by atoms with Crippen molar-refractivity contribution < 1.29 is 19.7 Å². The number of hydrogen-bond donors (Lipinski definition) is 3. The molecule has 0 unspecified atom stereocenters. The molecule has 0 bridgehead atoms. The summed E-state index contributed by atoms with van der Waals surface area (Å²) in [6.45, 7) is 1.99. The van der Waals surface area contributed by atoms with Crippen LogP contribution in [-0.4, -0.2) is 47.9 Å². The molecule has 0 saturated heterocycles. The van der Waals surface area contributed by atoms with Crippen LogP contribution < -0.4 is 5.34 Å². The molecule has 6 nitrogen and oxygen atoms in total. The molecule has 0 aliphatic heterocycles. The second-order valence-electron chi connectivity index (χ2n) is 4.35. The number of halogens is 1. The Kier molecular flexibility index (Phi) is 7.18. The van der Waals surface area contributed by atoms with E-state index < -0.39 is 19.1 Å². The summed E-state index contributed by atoms with van der Waals surface area (Å²) in [5, 5.41) is 23.4. The Labute approximate surface area is 127 Å². The summed E-state index contributed by atoms with van der Waals surface area (Å²) < 4.78 is 5.44. The summed E-state index contributed by atoms with van der Waals surface area (Å²) >= 11 is 3.35. The fraction of sp³-hybridized carbons (Fsp3) is 0.417. The first-order chi connectivity index (χ1) is 9.42. The molecule has 0 aliphatic carbocycles. The predicted octanol–water partition coefficient (Wildman–Crippen LogP) is 0.400. The van der Waals surface area contributed by atoms with Crippen LogP contribution in [0.25, 0.3) is 0 Å². The first-order valence-electron chi connectivity index (χ1n) is 6.12. The summed E-state index contributed by atoms with van der Waals surface area (Å²) in [5.41, 5.74) is 0.971. The number of benzene rings is 1. The zero-order valence-corrected chi connectivity index (χ0v) is 13.0. The lowest BCUT2D eigenvalue weighted by atomic mass is 9.91. The fourth-order valence-electron chi connectivity index (χ4n) is 1.66. The number of nitrogens with one attached hydrogen (secondary N) is 1. The van der Waals surface area contributed by atoms with Crippen molar-refractivity contribution in [1.82, 2.24) is 10.3 Å². The average Bonchev–Trinajstić information content (AvgIpc) is 2.39. The molecule has 20 heavy (non-hydrogen) atoms. The van der Waals surface area contributed by atoms with E-state index in [1.807, 2.05) is 24.3 Å². The van der Waals surface area contributed by atoms with Gasteiger partial charge in [-0.25, -0.2) is 9.80 Å². The number of carbonyl (C=O) groups is 1. The number of hydrogen-bond acceptors (Lipinski definition) is 6. The van der Waals surface area contributed by atoms with Crippen molar-refractivity contribution in [2.75, 3.05) is 13.7 Å². The summed E-state index contributed by atoms with van der Waals surface area (Å²) in [4.78, 5) is 11.2. The van der Waals surface area contributed by atoms with E-state index in [0.29, 0.717) is 6.54 Å². The minimum atomic E-state index is -1.28. The zero-order valence-electron chi connectivity index (χ0n) is 11.4. The van der Waals surface area contributed by atoms with Gasteiger partial charge < -0.3 is 14.9 Å². The van der Waals surface area contributed by atoms with Gasteiger partial charge in [0.1, 0.15) is 0 Å². The molecule has 0 saturated carbocycles. The topological polar surface area (TPSA) is 82.0 Å². The van der Waals surface area contributed by atoms with Crippen LogP contribution in [0.4, 0.5) is 0 Å². The predicted molar refractivity (Wildman–Crippen MR) is 79.5 cm³/mol. The highest BCUT2D eigenvalue weighted by molar-refractivity contribution is 9.10. The van der Waals surface area contributed by atoms with Crippen molar-refractivity contribution in [3.63, 3.8) is 0 Å². The fourth-order valence-corrected chi connectivity index (χ4v) is 1.92. The van der Waals surface area contributed by atoms with Gasteiger partial charge in [0.15, 0.2) is 6.10 Å². The minimum Gasteiger partial charge on any atom is -0.467 e. The smallest absolute Gasteiger partial charge is 0.388 e. The van der Waals surface area contributed by atoms with Gasteiger partial charge in [-0.2, -0.15) is 0 Å². The quantitative estimate of drug-likeness (QED) is 0.377. The zero-order chi connectivity index (χ0) is 15.1. The molecular weight excluding hydrogens is 327 g/mol. The highest BCUT2D eigenvalue weighted by Gasteiger charge is 2.21. The van der Waals surface area contributed by atoms with E-state index in [1.165, 1.54) is 7.11 Å². The van der Waals surface area contributed by atoms with Crippen LogP contribution in [0.15, 0.2) is 28.7 Å². The van der Waals surface area contributed by atoms with Gasteiger partial charge >= 0.3 is 13.0 Å². The standard InChI is InChI=1S/C12H18BBrN2O4/c1-13(19)15-16(8-11(17)12(18)20-2)7-9-3-5-10(14)6-4-9/h3-6,11,15,17,19H,7-8H2,1-2H3/t11-/m1/s1. The van der Waals surface area contributed by atoms with Crippen LogP contribution in [0, 0.1) is 0 Å². The van der Waals surface area contributed by atoms with E-state index in [1.54, 1.807) is 11.8 Å². The van der Waals surface area contributed by atoms with Crippen molar-refractivity contribution in [2.45, 2.75) is 19.5 Å². The van der Waals surface area contributed by atoms with Crippen LogP contribution in [0.3, 0.4) is 0 Å². The van der Waals surface area contributed by atoms with Crippen molar-refractivity contribution in [3.05, 3.63) is 34.3 Å². The van der Waals surface area contributed by atoms with E-state index in [0.717, 1.165) is 10.0 Å². The van der Waals surface area contributed by atoms with Crippen molar-refractivity contribution in [3.8, 4) is 0 Å². The molecule has 1 rings (SSSR count). The Balaban J connectivity index is 2.68. The molecule has 0 fully saturated rings. The van der Waals surface area contributed by atoms with Gasteiger partial charge in [0.25, 0.3) is 0 Å². The molecule has 1 aromatic carbocycles. The van der Waals surface area contributed by atoms with Gasteiger partial charge in [-0.05, 0) is 24.5 Å². The van der Waals surface area contributed by atoms with Crippen LogP contribution >= 0.6 is 15.9 Å². The number of rotatable bonds is 7. The normalized spacial score (nSPS) is 12.3. The number of methoxy groups -OCH3 is 1. The minimum absolute atomic E-state index is 0.00758. The maximum absolute atomic E-state index is 11.2. The molecule has 0 heterocycles. The Morgan fingerprint density at radius 2 is 2.10 bits per heavy atom. The van der Waals surface area contributed by atoms with Crippen molar-refractivity contribution in [1.29, 1.82) is 0 Å². The SMILES string of the molecule is COC(=O)[C@H](O)CN(Cc1ccc(Br)cc1)NB(C)O. The molecule has 3 N–H and O–H groups in total. The molecule has 8 heteroatoms. The Morgan fingerprint density at radius 1 is 1.50 bits per heavy atom. The van der Waals surface area contributed by atoms with E-state index in [4.69, 9.17) is 0 Å². The van der Waals surface area contributed by atoms with Crippen LogP contribution in [0.2, 0.25) is 6.82 Å². The molecule has 0 spiro atoms. The summed E-state index contributed by atoms with van der Waals surface area (Å²) in [6.07, 6.45) is -1.28. The van der Waals surface area contributed by atoms with Crippen molar-refractivity contribution >= 4 is 28.9 Å². The average molecular weight is 345 g/mol. The van der Waals surface area contributed by atoms with E-state index >= 15 is 0 Å². The number of nitrogens with zero attached hydrogens (tertiary/aromatic N) is 1. The third-order valence-corrected chi connectivity index (χ3v) is 3.05. The summed E-state index contributed by atoms with van der Waals surface area (Å²) in [5.74, 6) is -0.710. The molecule has 1 atom stereocenters. The lowest BCUT2D eigenvalue weighted by Crippen LogP contribution is -2.50. The molecule has 0 radical (unpaired) electrons. The van der Waals surface area contributed by atoms with Crippen LogP contribution in [0.5, 0.6) is 0 Å². The number of esters is 1. The van der Waals surface area contributed by atoms with Gasteiger partial charge in [-0.1, -0.05) is 28.1 Å². The Morgan fingerprint density at radius 3 is 2.60 bits per heavy atom. The van der Waals surface area contributed by atoms with Gasteiger partial charge in [-0.3, -0.25) is 5.34 Å². The molecule has 110 valence electrons. The number of ether oxygens (including phenoxy) is 1. The van der Waals surface area contributed by atoms with E-state index in [-0.39, 0.29) is 6.54 Å². The Hall–Kier alpha value is -0.925. The number of aliphatic hydroxyl groups excluding tert-OH is 1. The van der Waals surface area contributed by atoms with Crippen molar-refractivity contribution in [2.24, 2.45) is 0 Å². The largest absolute Gasteiger partial charge is 0.467 e. The van der Waals surface area contributed by atoms with Gasteiger partial charge in [-0.15, -0.1) is 0 Å². The third-order valence-electron chi connectivity index (χ3n) is 2.52. The highest BCUT2D eigenvalue weighted by atomic mass is 79.9. The maximum atomic E-state index is 11.2. The third kappa shape index (κ3) is 6.02. The monoisotopic (exact) mass is 344 g/mol. The molecule has 0 amide bonds. The lowest BCUT2D eigenvalue weighted by Gasteiger charge is -2.25. The van der Waals surface area contributed by atoms with Gasteiger partial charge in [0.2, 0.25) is 0 Å². The molecule has 1 aromatic rings.